The number of nitrogens with zero attached hydrogens (tertiary/aromatic N) is 2. The van der Waals surface area contributed by atoms with Crippen molar-refractivity contribution in [2.24, 2.45) is 24.8 Å². The number of benzene rings is 1. The van der Waals surface area contributed by atoms with Gasteiger partial charge in [0.15, 0.2) is 17.6 Å². The summed E-state index contributed by atoms with van der Waals surface area (Å²) >= 11 is 0. The standard InChI is InChI=1S/C23H35N2O2/c1-7-22-24(6)19-11-9-16(4)12-20(19)25(22)14-23(26)27-21-13-17(5)8-10-18(21)15(2)3/h9,11-12,15,17-18,21H,7-8,10,13-14H2,1-6H3/q+1/t17-,18+,21-/m1/s1. The molecule has 1 heterocycles. The zero-order chi connectivity index (χ0) is 19.7. The number of hydrogen-bond acceptors (Lipinski definition) is 2. The molecule has 0 spiro atoms. The van der Waals surface area contributed by atoms with Crippen molar-refractivity contribution in [3.8, 4) is 0 Å². The highest BCUT2D eigenvalue weighted by Crippen LogP contribution is 2.35. The maximum Gasteiger partial charge on any atom is 0.348 e. The molecule has 4 nitrogen and oxygen atoms in total. The Bertz CT molecular complexity index is 821. The first-order valence-electron chi connectivity index (χ1n) is 10.5. The van der Waals surface area contributed by atoms with Crippen LogP contribution in [0.1, 0.15) is 58.3 Å². The fourth-order valence-corrected chi connectivity index (χ4v) is 4.78. The second kappa shape index (κ2) is 8.04. The highest BCUT2D eigenvalue weighted by molar-refractivity contribution is 5.77. The van der Waals surface area contributed by atoms with Crippen molar-refractivity contribution in [2.75, 3.05) is 0 Å². The number of hydrogen-bond donors (Lipinski definition) is 0. The van der Waals surface area contributed by atoms with Crippen molar-refractivity contribution in [3.63, 3.8) is 0 Å². The summed E-state index contributed by atoms with van der Waals surface area (Å²) in [4.78, 5) is 12.9. The summed E-state index contributed by atoms with van der Waals surface area (Å²) in [6.45, 7) is 11.3. The molecule has 1 fully saturated rings. The fraction of sp³-hybridized carbons (Fsp3) is 0.652. The average Bonchev–Trinajstić information content (AvgIpc) is 2.85. The third-order valence-corrected chi connectivity index (χ3v) is 6.33. The number of imidazole rings is 1. The highest BCUT2D eigenvalue weighted by atomic mass is 16.5. The van der Waals surface area contributed by atoms with E-state index in [-0.39, 0.29) is 12.1 Å². The zero-order valence-corrected chi connectivity index (χ0v) is 17.8. The Hall–Kier alpha value is -1.84. The van der Waals surface area contributed by atoms with Crippen LogP contribution in [0.2, 0.25) is 0 Å². The number of esters is 1. The van der Waals surface area contributed by atoms with Gasteiger partial charge in [-0.3, -0.25) is 0 Å². The van der Waals surface area contributed by atoms with E-state index in [1.165, 1.54) is 12.0 Å². The summed E-state index contributed by atoms with van der Waals surface area (Å²) in [6.07, 6.45) is 4.34. The molecule has 1 saturated carbocycles. The molecule has 1 aromatic carbocycles. The third kappa shape index (κ3) is 4.04. The van der Waals surface area contributed by atoms with Crippen LogP contribution in [0.3, 0.4) is 0 Å². The molecule has 0 radical (unpaired) electrons. The van der Waals surface area contributed by atoms with Gasteiger partial charge in [-0.15, -0.1) is 0 Å². The van der Waals surface area contributed by atoms with Gasteiger partial charge in [0.05, 0.1) is 7.05 Å². The Morgan fingerprint density at radius 2 is 2.07 bits per heavy atom. The van der Waals surface area contributed by atoms with Crippen molar-refractivity contribution in [1.29, 1.82) is 0 Å². The van der Waals surface area contributed by atoms with E-state index in [9.17, 15) is 4.79 Å². The van der Waals surface area contributed by atoms with Crippen LogP contribution in [-0.4, -0.2) is 16.6 Å². The van der Waals surface area contributed by atoms with Gasteiger partial charge in [0.25, 0.3) is 5.82 Å². The van der Waals surface area contributed by atoms with Crippen molar-refractivity contribution in [3.05, 3.63) is 29.6 Å². The Kier molecular flexibility index (Phi) is 5.92. The fourth-order valence-electron chi connectivity index (χ4n) is 4.78. The zero-order valence-electron chi connectivity index (χ0n) is 17.8. The van der Waals surface area contributed by atoms with Crippen LogP contribution in [0, 0.1) is 24.7 Å². The van der Waals surface area contributed by atoms with Crippen LogP contribution in [0.25, 0.3) is 11.0 Å². The molecule has 0 saturated heterocycles. The van der Waals surface area contributed by atoms with Crippen LogP contribution < -0.4 is 4.57 Å². The summed E-state index contributed by atoms with van der Waals surface area (Å²) in [6, 6.07) is 6.44. The van der Waals surface area contributed by atoms with Gasteiger partial charge in [-0.05, 0) is 55.2 Å². The number of fused-ring (bicyclic) bond motifs is 1. The van der Waals surface area contributed by atoms with E-state index in [4.69, 9.17) is 4.74 Å². The molecule has 0 N–H and O–H groups in total. The lowest BCUT2D eigenvalue weighted by Gasteiger charge is -2.36. The van der Waals surface area contributed by atoms with Gasteiger partial charge in [-0.2, -0.15) is 0 Å². The van der Waals surface area contributed by atoms with Crippen molar-refractivity contribution < 1.29 is 14.1 Å². The van der Waals surface area contributed by atoms with Crippen LogP contribution in [0.15, 0.2) is 18.2 Å². The van der Waals surface area contributed by atoms with E-state index < -0.39 is 0 Å². The Morgan fingerprint density at radius 3 is 2.74 bits per heavy atom. The minimum Gasteiger partial charge on any atom is -0.459 e. The summed E-state index contributed by atoms with van der Waals surface area (Å²) in [7, 11) is 2.08. The Morgan fingerprint density at radius 1 is 1.33 bits per heavy atom. The monoisotopic (exact) mass is 371 g/mol. The molecule has 4 heteroatoms. The Labute approximate surface area is 163 Å². The van der Waals surface area contributed by atoms with E-state index in [1.807, 2.05) is 0 Å². The highest BCUT2D eigenvalue weighted by Gasteiger charge is 2.34. The third-order valence-electron chi connectivity index (χ3n) is 6.33. The van der Waals surface area contributed by atoms with E-state index in [0.717, 1.165) is 36.1 Å². The van der Waals surface area contributed by atoms with Crippen molar-refractivity contribution in [2.45, 2.75) is 73.0 Å². The maximum atomic E-state index is 12.9. The van der Waals surface area contributed by atoms with Crippen molar-refractivity contribution in [1.82, 2.24) is 4.57 Å². The van der Waals surface area contributed by atoms with Gasteiger partial charge >= 0.3 is 5.97 Å². The number of aromatic nitrogens is 2. The molecular formula is C23H35N2O2+. The molecular weight excluding hydrogens is 336 g/mol. The first-order valence-corrected chi connectivity index (χ1v) is 10.5. The number of carbonyl (C=O) groups excluding carboxylic acids is 1. The quantitative estimate of drug-likeness (QED) is 0.579. The van der Waals surface area contributed by atoms with E-state index in [2.05, 4.69) is 69.0 Å². The summed E-state index contributed by atoms with van der Waals surface area (Å²) in [5.41, 5.74) is 3.49. The second-order valence-corrected chi connectivity index (χ2v) is 8.76. The lowest BCUT2D eigenvalue weighted by molar-refractivity contribution is -0.653. The van der Waals surface area contributed by atoms with Crippen molar-refractivity contribution >= 4 is 17.0 Å². The molecule has 0 bridgehead atoms. The summed E-state index contributed by atoms with van der Waals surface area (Å²) < 4.78 is 10.4. The van der Waals surface area contributed by atoms with Gasteiger partial charge in [-0.25, -0.2) is 13.9 Å². The minimum absolute atomic E-state index is 0.0589. The summed E-state index contributed by atoms with van der Waals surface area (Å²) in [5.74, 6) is 2.72. The lowest BCUT2D eigenvalue weighted by atomic mass is 9.75. The SMILES string of the molecule is CCc1n(CC(=O)O[C@@H]2C[C@H](C)CC[C@H]2C(C)C)c2cc(C)ccc2[n+]1C. The first kappa shape index (κ1) is 19.9. The predicted molar refractivity (Wildman–Crippen MR) is 108 cm³/mol. The topological polar surface area (TPSA) is 35.1 Å². The van der Waals surface area contributed by atoms with Gasteiger partial charge < -0.3 is 4.74 Å². The van der Waals surface area contributed by atoms with Gasteiger partial charge in [0.1, 0.15) is 6.10 Å². The number of ether oxygens (including phenoxy) is 1. The largest absolute Gasteiger partial charge is 0.459 e. The van der Waals surface area contributed by atoms with Crippen LogP contribution >= 0.6 is 0 Å². The normalized spacial score (nSPS) is 23.1. The molecule has 148 valence electrons. The van der Waals surface area contributed by atoms with Gasteiger partial charge in [-0.1, -0.05) is 40.2 Å². The van der Waals surface area contributed by atoms with E-state index in [1.54, 1.807) is 0 Å². The maximum absolute atomic E-state index is 12.9. The molecule has 0 amide bonds. The van der Waals surface area contributed by atoms with E-state index in [0.29, 0.717) is 24.3 Å². The molecule has 3 atom stereocenters. The molecule has 2 aromatic rings. The lowest BCUT2D eigenvalue weighted by Crippen LogP contribution is -2.37. The molecule has 3 rings (SSSR count). The van der Waals surface area contributed by atoms with Crippen LogP contribution in [0.5, 0.6) is 0 Å². The molecule has 27 heavy (non-hydrogen) atoms. The molecule has 0 unspecified atom stereocenters. The van der Waals surface area contributed by atoms with Crippen LogP contribution in [0.4, 0.5) is 0 Å². The smallest absolute Gasteiger partial charge is 0.348 e. The Balaban J connectivity index is 1.84. The first-order chi connectivity index (χ1) is 12.8. The molecule has 0 aliphatic heterocycles. The van der Waals surface area contributed by atoms with E-state index >= 15 is 0 Å². The second-order valence-electron chi connectivity index (χ2n) is 8.76. The molecule has 1 aliphatic carbocycles. The average molecular weight is 372 g/mol. The number of rotatable bonds is 5. The number of aryl methyl sites for hydroxylation is 2. The minimum atomic E-state index is -0.103. The number of carbonyl (C=O) groups is 1. The van der Waals surface area contributed by atoms with Gasteiger partial charge in [0, 0.05) is 6.42 Å². The molecule has 1 aliphatic rings. The molecule has 1 aromatic heterocycles. The summed E-state index contributed by atoms with van der Waals surface area (Å²) in [5, 5.41) is 0. The predicted octanol–water partition coefficient (Wildman–Crippen LogP) is 4.34. The van der Waals surface area contributed by atoms with Crippen LogP contribution in [-0.2, 0) is 29.5 Å². The van der Waals surface area contributed by atoms with Gasteiger partial charge in [0.2, 0.25) is 0 Å².